The molecule has 0 radical (unpaired) electrons. The third-order valence-corrected chi connectivity index (χ3v) is 15.2. The smallest absolute Gasteiger partial charge is 0.259 e. The highest BCUT2D eigenvalue weighted by atomic mass is 28.4. The zero-order chi connectivity index (χ0) is 40.8. The van der Waals surface area contributed by atoms with Gasteiger partial charge in [-0.3, -0.25) is 24.2 Å². The van der Waals surface area contributed by atoms with E-state index >= 15 is 0 Å². The summed E-state index contributed by atoms with van der Waals surface area (Å²) in [5.41, 5.74) is 3.91. The van der Waals surface area contributed by atoms with Crippen molar-refractivity contribution in [1.29, 1.82) is 0 Å². The molecule has 302 valence electrons. The molecule has 1 fully saturated rings. The fraction of sp³-hybridized carbons (Fsp3) is 0.619. The molecule has 1 aliphatic heterocycles. The molecule has 7 atom stereocenters. The molecule has 4 amide bonds. The predicted molar refractivity (Wildman–Crippen MR) is 220 cm³/mol. The first-order valence-corrected chi connectivity index (χ1v) is 22.4. The van der Waals surface area contributed by atoms with Crippen LogP contribution in [0.1, 0.15) is 80.2 Å². The predicted octanol–water partition coefficient (Wildman–Crippen LogP) is 6.09. The number of methoxy groups -OCH3 is 1. The summed E-state index contributed by atoms with van der Waals surface area (Å²) in [6, 6.07) is 5.11. The van der Waals surface area contributed by atoms with E-state index in [0.717, 1.165) is 5.56 Å². The standard InChI is InChI=1S/C42H69N5O6Si/c1-14-16-20-29(5)30(6)37(52-11)31(7)38(48)45-36(28(3)4)40(50)44-35(27-32-21-18-22-33(26-32)53-54(12,13)42(8,9)10)41(51)47-25-19-23-34(46-47)39(49)43-24-17-15-2/h14-16,18,20-22,26,28-31,34-37,46H,1-2,17,19,23-25,27H2,3-13H3,(H,43,49)(H,44,50)(H,45,48)/b20-16+/t29-,30-,31+,34-,35-,36-,37+/m0/s1. The van der Waals surface area contributed by atoms with E-state index < -0.39 is 44.4 Å². The highest BCUT2D eigenvalue weighted by Crippen LogP contribution is 2.37. The summed E-state index contributed by atoms with van der Waals surface area (Å²) in [7, 11) is -0.561. The van der Waals surface area contributed by atoms with Crippen molar-refractivity contribution >= 4 is 31.9 Å². The number of allylic oxidation sites excluding steroid dienone is 3. The van der Waals surface area contributed by atoms with Crippen LogP contribution in [0.5, 0.6) is 5.75 Å². The average molecular weight is 768 g/mol. The highest BCUT2D eigenvalue weighted by Gasteiger charge is 2.40. The summed E-state index contributed by atoms with van der Waals surface area (Å²) in [4.78, 5) is 55.2. The molecule has 0 aliphatic carbocycles. The Morgan fingerprint density at radius 3 is 2.33 bits per heavy atom. The fourth-order valence-electron chi connectivity index (χ4n) is 6.20. The van der Waals surface area contributed by atoms with Crippen molar-refractivity contribution in [3.63, 3.8) is 0 Å². The Morgan fingerprint density at radius 1 is 1.06 bits per heavy atom. The lowest BCUT2D eigenvalue weighted by atomic mass is 9.83. The normalized spacial score (nSPS) is 18.5. The second kappa shape index (κ2) is 21.4. The SMILES string of the molecule is C=C/C=C/[C@H](C)[C@H](C)[C@@H](OC)[C@@H](C)C(=O)N[C@H](C(=O)N[C@@H](Cc1cccc(O[Si](C)(C)C(C)(C)C)c1)C(=O)N1CCC[C@@H](C(=O)NCCC=C)N1)C(C)C. The van der Waals surface area contributed by atoms with Gasteiger partial charge in [0.2, 0.25) is 26.0 Å². The van der Waals surface area contributed by atoms with E-state index in [0.29, 0.717) is 38.1 Å². The third-order valence-electron chi connectivity index (χ3n) is 10.9. The summed E-state index contributed by atoms with van der Waals surface area (Å²) in [6.07, 6.45) is 8.93. The molecular weight excluding hydrogens is 699 g/mol. The summed E-state index contributed by atoms with van der Waals surface area (Å²) >= 11 is 0. The molecule has 1 aromatic rings. The minimum Gasteiger partial charge on any atom is -0.543 e. The zero-order valence-electron chi connectivity index (χ0n) is 34.8. The van der Waals surface area contributed by atoms with Crippen molar-refractivity contribution < 1.29 is 28.3 Å². The van der Waals surface area contributed by atoms with E-state index in [1.807, 2.05) is 57.2 Å². The Labute approximate surface area is 326 Å². The van der Waals surface area contributed by atoms with Crippen LogP contribution in [-0.4, -0.2) is 81.4 Å². The van der Waals surface area contributed by atoms with Gasteiger partial charge in [0.05, 0.1) is 12.0 Å². The van der Waals surface area contributed by atoms with Gasteiger partial charge in [0.15, 0.2) is 0 Å². The number of rotatable bonds is 20. The number of nitrogens with one attached hydrogen (secondary N) is 4. The number of benzene rings is 1. The van der Waals surface area contributed by atoms with E-state index in [1.54, 1.807) is 26.2 Å². The Balaban J connectivity index is 2.40. The van der Waals surface area contributed by atoms with E-state index in [2.05, 4.69) is 75.3 Å². The molecule has 11 nitrogen and oxygen atoms in total. The number of hydrogen-bond donors (Lipinski definition) is 4. The van der Waals surface area contributed by atoms with Gasteiger partial charge in [-0.25, -0.2) is 5.43 Å². The number of hydrogen-bond acceptors (Lipinski definition) is 7. The molecule has 54 heavy (non-hydrogen) atoms. The monoisotopic (exact) mass is 768 g/mol. The van der Waals surface area contributed by atoms with Gasteiger partial charge in [0.1, 0.15) is 23.9 Å². The van der Waals surface area contributed by atoms with Crippen LogP contribution in [0.3, 0.4) is 0 Å². The lowest BCUT2D eigenvalue weighted by Gasteiger charge is -2.37. The van der Waals surface area contributed by atoms with Gasteiger partial charge in [-0.05, 0) is 72.8 Å². The second-order valence-electron chi connectivity index (χ2n) is 16.5. The van der Waals surface area contributed by atoms with Crippen molar-refractivity contribution in [3.8, 4) is 5.75 Å². The summed E-state index contributed by atoms with van der Waals surface area (Å²) < 4.78 is 12.4. The average Bonchev–Trinajstić information content (AvgIpc) is 3.11. The minimum absolute atomic E-state index is 0.00148. The van der Waals surface area contributed by atoms with Gasteiger partial charge in [-0.15, -0.1) is 6.58 Å². The van der Waals surface area contributed by atoms with Crippen LogP contribution in [0.15, 0.2) is 61.7 Å². The lowest BCUT2D eigenvalue weighted by molar-refractivity contribution is -0.144. The molecule has 0 bridgehead atoms. The van der Waals surface area contributed by atoms with E-state index in [-0.39, 0.29) is 46.9 Å². The van der Waals surface area contributed by atoms with Crippen molar-refractivity contribution in [2.45, 2.75) is 123 Å². The molecule has 1 heterocycles. The van der Waals surface area contributed by atoms with Gasteiger partial charge in [0, 0.05) is 26.6 Å². The molecule has 2 rings (SSSR count). The molecule has 4 N–H and O–H groups in total. The topological polar surface area (TPSA) is 138 Å². The van der Waals surface area contributed by atoms with Crippen molar-refractivity contribution in [2.75, 3.05) is 20.2 Å². The Kier molecular flexibility index (Phi) is 18.4. The third kappa shape index (κ3) is 13.5. The number of hydrazine groups is 1. The van der Waals surface area contributed by atoms with Gasteiger partial charge in [0.25, 0.3) is 5.91 Å². The molecule has 0 aromatic heterocycles. The number of amides is 4. The van der Waals surface area contributed by atoms with Crippen LogP contribution >= 0.6 is 0 Å². The number of nitrogens with zero attached hydrogens (tertiary/aromatic N) is 1. The minimum atomic E-state index is -2.15. The summed E-state index contributed by atoms with van der Waals surface area (Å²) in [5, 5.41) is 10.3. The van der Waals surface area contributed by atoms with E-state index in [4.69, 9.17) is 9.16 Å². The zero-order valence-corrected chi connectivity index (χ0v) is 35.8. The van der Waals surface area contributed by atoms with Gasteiger partial charge < -0.3 is 25.1 Å². The molecule has 12 heteroatoms. The van der Waals surface area contributed by atoms with Crippen LogP contribution < -0.4 is 25.8 Å². The molecular formula is C42H69N5O6Si. The maximum absolute atomic E-state index is 14.3. The number of ether oxygens (including phenoxy) is 1. The molecule has 1 aliphatic rings. The maximum atomic E-state index is 14.3. The maximum Gasteiger partial charge on any atom is 0.259 e. The van der Waals surface area contributed by atoms with Crippen LogP contribution in [0.4, 0.5) is 0 Å². The van der Waals surface area contributed by atoms with Gasteiger partial charge in [-0.2, -0.15) is 0 Å². The first kappa shape index (κ1) is 46.4. The number of carbonyl (C=O) groups is 4. The van der Waals surface area contributed by atoms with E-state index in [9.17, 15) is 19.2 Å². The van der Waals surface area contributed by atoms with Crippen LogP contribution in [-0.2, 0) is 30.3 Å². The van der Waals surface area contributed by atoms with Gasteiger partial charge in [-0.1, -0.05) is 98.4 Å². The Hall–Kier alpha value is -3.74. The summed E-state index contributed by atoms with van der Waals surface area (Å²) in [6.45, 7) is 28.8. The molecule has 0 saturated carbocycles. The largest absolute Gasteiger partial charge is 0.543 e. The molecule has 1 aromatic carbocycles. The van der Waals surface area contributed by atoms with Crippen molar-refractivity contribution in [1.82, 2.24) is 26.4 Å². The highest BCUT2D eigenvalue weighted by molar-refractivity contribution is 6.74. The van der Waals surface area contributed by atoms with Crippen LogP contribution in [0.2, 0.25) is 18.1 Å². The number of carbonyl (C=O) groups excluding carboxylic acids is 4. The van der Waals surface area contributed by atoms with Crippen molar-refractivity contribution in [3.05, 3.63) is 67.3 Å². The van der Waals surface area contributed by atoms with Crippen LogP contribution in [0.25, 0.3) is 0 Å². The van der Waals surface area contributed by atoms with Crippen molar-refractivity contribution in [2.24, 2.45) is 23.7 Å². The Morgan fingerprint density at radius 2 is 1.74 bits per heavy atom. The van der Waals surface area contributed by atoms with Crippen LogP contribution in [0, 0.1) is 23.7 Å². The second-order valence-corrected chi connectivity index (χ2v) is 21.2. The molecule has 0 unspecified atom stereocenters. The molecule has 0 spiro atoms. The first-order chi connectivity index (χ1) is 25.3. The quantitative estimate of drug-likeness (QED) is 0.0546. The summed E-state index contributed by atoms with van der Waals surface area (Å²) in [5.74, 6) is -1.39. The Bertz CT molecular complexity index is 1460. The molecule has 1 saturated heterocycles. The van der Waals surface area contributed by atoms with E-state index in [1.165, 1.54) is 5.01 Å². The van der Waals surface area contributed by atoms with Gasteiger partial charge >= 0.3 is 0 Å². The first-order valence-electron chi connectivity index (χ1n) is 19.4. The fourth-order valence-corrected chi connectivity index (χ4v) is 7.22. The lowest BCUT2D eigenvalue weighted by Crippen LogP contribution is -2.63.